The van der Waals surface area contributed by atoms with Crippen LogP contribution < -0.4 is 0 Å². The first-order chi connectivity index (χ1) is 10.7. The van der Waals surface area contributed by atoms with Gasteiger partial charge in [-0.05, 0) is 6.92 Å². The normalized spacial score (nSPS) is 10.7. The Hall–Kier alpha value is 0.0800. The summed E-state index contributed by atoms with van der Waals surface area (Å²) in [5, 5.41) is 0. The van der Waals surface area contributed by atoms with E-state index >= 15 is 0 Å². The van der Waals surface area contributed by atoms with Gasteiger partial charge in [0.1, 0.15) is 0 Å². The topological polar surface area (TPSA) is 101 Å². The van der Waals surface area contributed by atoms with E-state index in [1.165, 1.54) is 83.0 Å². The predicted molar refractivity (Wildman–Crippen MR) is 92.1 cm³/mol. The number of ether oxygens (including phenoxy) is 1. The Labute approximate surface area is 158 Å². The molecule has 132 valence electrons. The summed E-state index contributed by atoms with van der Waals surface area (Å²) in [7, 11) is -4.67. The fourth-order valence-electron chi connectivity index (χ4n) is 1.88. The number of rotatable bonds is 12. The van der Waals surface area contributed by atoms with Crippen molar-refractivity contribution in [3.63, 3.8) is 0 Å². The van der Waals surface area contributed by atoms with Gasteiger partial charge in [0.2, 0.25) is 0 Å². The molecule has 23 heavy (non-hydrogen) atoms. The second-order valence-electron chi connectivity index (χ2n) is 5.55. The van der Waals surface area contributed by atoms with Gasteiger partial charge in [-0.1, -0.05) is 6.58 Å². The van der Waals surface area contributed by atoms with Crippen molar-refractivity contribution in [2.75, 3.05) is 6.61 Å². The Kier molecular flexibility index (Phi) is 18.6. The quantitative estimate of drug-likeness (QED) is 0.181. The maximum absolute atomic E-state index is 11.1. The van der Waals surface area contributed by atoms with Crippen LogP contribution in [0.1, 0.15) is 64.7 Å². The molecule has 0 unspecified atom stereocenters. The molecule has 0 rings (SSSR count). The molecule has 0 aliphatic heterocycles. The van der Waals surface area contributed by atoms with E-state index in [9.17, 15) is 4.79 Å². The molecule has 0 aliphatic carbocycles. The van der Waals surface area contributed by atoms with Gasteiger partial charge in [-0.3, -0.25) is 9.11 Å². The minimum atomic E-state index is -4.67. The maximum atomic E-state index is 11.1. The zero-order valence-corrected chi connectivity index (χ0v) is 17.2. The van der Waals surface area contributed by atoms with E-state index in [-0.39, 0.29) is 5.97 Å². The molecular formula is C15H29NaO6S. The fraction of sp³-hybridized carbons (Fsp3) is 0.800. The van der Waals surface area contributed by atoms with Crippen molar-refractivity contribution < 1.29 is 27.1 Å². The van der Waals surface area contributed by atoms with Gasteiger partial charge < -0.3 is 0 Å². The molecule has 0 aromatic carbocycles. The van der Waals surface area contributed by atoms with Crippen LogP contribution in [0.2, 0.25) is 3.67 Å². The molecule has 0 bridgehead atoms. The van der Waals surface area contributed by atoms with Crippen LogP contribution in [0.5, 0.6) is 0 Å². The molecular weight excluding hydrogens is 331 g/mol. The first-order valence-corrected chi connectivity index (χ1v) is 11.0. The summed E-state index contributed by atoms with van der Waals surface area (Å²) in [5.74, 6) is -0.256. The fourth-order valence-corrected chi connectivity index (χ4v) is 2.38. The molecule has 0 radical (unpaired) electrons. The molecule has 0 saturated carbocycles. The smallest absolute Gasteiger partial charge is 0.264 e. The van der Waals surface area contributed by atoms with Crippen LogP contribution in [0.25, 0.3) is 0 Å². The molecule has 0 aliphatic rings. The molecule has 0 aromatic heterocycles. The van der Waals surface area contributed by atoms with E-state index in [1.807, 2.05) is 0 Å². The van der Waals surface area contributed by atoms with Crippen molar-refractivity contribution in [1.29, 1.82) is 0 Å². The third-order valence-electron chi connectivity index (χ3n) is 3.08. The van der Waals surface area contributed by atoms with Crippen LogP contribution in [0.3, 0.4) is 0 Å². The third-order valence-corrected chi connectivity index (χ3v) is 3.79. The predicted octanol–water partition coefficient (Wildman–Crippen LogP) is 3.55. The monoisotopic (exact) mass is 360 g/mol. The summed E-state index contributed by atoms with van der Waals surface area (Å²) in [6.45, 7) is 5.78. The zero-order chi connectivity index (χ0) is 18.1. The summed E-state index contributed by atoms with van der Waals surface area (Å²) < 4.78 is 38.1. The van der Waals surface area contributed by atoms with Gasteiger partial charge in [-0.25, -0.2) is 4.79 Å². The van der Waals surface area contributed by atoms with Gasteiger partial charge in [-0.2, -0.15) is 8.42 Å². The largest absolute Gasteiger partial charge is 0.394 e. The van der Waals surface area contributed by atoms with Crippen molar-refractivity contribution in [2.24, 2.45) is 0 Å². The SMILES string of the molecule is C=C(C)C(=O)OCCCCCCCCCC[CH2][Na].O=S(=O)(O)O. The minimum absolute atomic E-state index is 0.256. The number of hydrogen-bond acceptors (Lipinski definition) is 4. The summed E-state index contributed by atoms with van der Waals surface area (Å²) >= 11 is 1.37. The average Bonchev–Trinajstić information content (AvgIpc) is 2.42. The van der Waals surface area contributed by atoms with Crippen LogP contribution in [0.15, 0.2) is 12.2 Å². The third kappa shape index (κ3) is 30.5. The molecule has 0 amide bonds. The molecule has 0 aromatic rings. The summed E-state index contributed by atoms with van der Waals surface area (Å²) in [6.07, 6.45) is 11.8. The van der Waals surface area contributed by atoms with Crippen LogP contribution in [-0.4, -0.2) is 58.0 Å². The molecule has 8 heteroatoms. The first kappa shape index (κ1) is 25.3. The molecule has 0 fully saturated rings. The Morgan fingerprint density at radius 3 is 1.65 bits per heavy atom. The van der Waals surface area contributed by atoms with Gasteiger partial charge >= 0.3 is 117 Å². The molecule has 6 nitrogen and oxygen atoms in total. The van der Waals surface area contributed by atoms with E-state index in [0.717, 1.165) is 6.42 Å². The second-order valence-corrected chi connectivity index (χ2v) is 7.44. The van der Waals surface area contributed by atoms with Crippen LogP contribution in [0, 0.1) is 0 Å². The van der Waals surface area contributed by atoms with Crippen molar-refractivity contribution >= 4 is 44.3 Å². The van der Waals surface area contributed by atoms with E-state index in [4.69, 9.17) is 22.3 Å². The standard InChI is InChI=1S/C15H27O2.Na.H2O4S/c1-4-5-6-7-8-9-10-11-12-13-17-15(16)14(2)3;;1-5(2,3)4/h1-2,4-13H2,3H3;;(H2,1,2,3,4). The number of hydrogen-bond donors (Lipinski definition) is 2. The Morgan fingerprint density at radius 2 is 1.30 bits per heavy atom. The van der Waals surface area contributed by atoms with Gasteiger partial charge in [0.15, 0.2) is 0 Å². The summed E-state index contributed by atoms with van der Waals surface area (Å²) in [5.41, 5.74) is 0.491. The molecule has 0 spiro atoms. The Bertz CT molecular complexity index is 400. The van der Waals surface area contributed by atoms with E-state index < -0.39 is 10.4 Å². The van der Waals surface area contributed by atoms with Gasteiger partial charge in [-0.15, -0.1) is 0 Å². The number of unbranched alkanes of at least 4 members (excludes halogenated alkanes) is 8. The van der Waals surface area contributed by atoms with E-state index in [0.29, 0.717) is 12.2 Å². The molecule has 0 atom stereocenters. The van der Waals surface area contributed by atoms with E-state index in [1.54, 1.807) is 6.92 Å². The van der Waals surface area contributed by atoms with Crippen molar-refractivity contribution in [1.82, 2.24) is 0 Å². The van der Waals surface area contributed by atoms with Crippen molar-refractivity contribution in [2.45, 2.75) is 68.4 Å². The van der Waals surface area contributed by atoms with E-state index in [2.05, 4.69) is 6.58 Å². The number of carbonyl (C=O) groups excluding carboxylic acids is 1. The van der Waals surface area contributed by atoms with Crippen LogP contribution >= 0.6 is 0 Å². The van der Waals surface area contributed by atoms with Crippen molar-refractivity contribution in [3.8, 4) is 0 Å². The zero-order valence-electron chi connectivity index (χ0n) is 14.4. The van der Waals surface area contributed by atoms with Gasteiger partial charge in [0, 0.05) is 5.57 Å². The Morgan fingerprint density at radius 1 is 0.957 bits per heavy atom. The van der Waals surface area contributed by atoms with Crippen molar-refractivity contribution in [3.05, 3.63) is 12.2 Å². The molecule has 2 N–H and O–H groups in total. The average molecular weight is 360 g/mol. The number of carbonyl (C=O) groups is 1. The molecule has 0 saturated heterocycles. The summed E-state index contributed by atoms with van der Waals surface area (Å²) in [4.78, 5) is 11.1. The van der Waals surface area contributed by atoms with Gasteiger partial charge in [0.05, 0.1) is 0 Å². The van der Waals surface area contributed by atoms with Crippen LogP contribution in [0.4, 0.5) is 0 Å². The second kappa shape index (κ2) is 16.9. The van der Waals surface area contributed by atoms with Gasteiger partial charge in [0.25, 0.3) is 0 Å². The Balaban J connectivity index is 0. The summed E-state index contributed by atoms with van der Waals surface area (Å²) in [6, 6.07) is 0. The first-order valence-electron chi connectivity index (χ1n) is 8.21. The number of esters is 1. The van der Waals surface area contributed by atoms with Crippen LogP contribution in [-0.2, 0) is 19.9 Å². The minimum Gasteiger partial charge on any atom is -0.264 e. The maximum Gasteiger partial charge on any atom is 0.394 e. The molecule has 0 heterocycles.